The van der Waals surface area contributed by atoms with E-state index in [4.69, 9.17) is 27.9 Å². The van der Waals surface area contributed by atoms with Crippen LogP contribution in [0.15, 0.2) is 24.4 Å². The van der Waals surface area contributed by atoms with Crippen LogP contribution in [0.25, 0.3) is 0 Å². The molecule has 0 spiro atoms. The SMILES string of the molecule is O=C(COC(=O)[C@H]1C[C@H]2C=C[C@H]1C2)Nc1ncc(Cl)cc1Cl. The zero-order valence-electron chi connectivity index (χ0n) is 11.6. The molecule has 22 heavy (non-hydrogen) atoms. The minimum absolute atomic E-state index is 0.125. The average molecular weight is 341 g/mol. The molecule has 0 radical (unpaired) electrons. The first-order chi connectivity index (χ1) is 10.5. The van der Waals surface area contributed by atoms with Crippen molar-refractivity contribution in [3.63, 3.8) is 0 Å². The van der Waals surface area contributed by atoms with Crippen LogP contribution in [0.1, 0.15) is 12.8 Å². The third kappa shape index (κ3) is 3.25. The summed E-state index contributed by atoms with van der Waals surface area (Å²) in [5.74, 6) is 0.00217. The van der Waals surface area contributed by atoms with Gasteiger partial charge in [-0.2, -0.15) is 0 Å². The number of amides is 1. The van der Waals surface area contributed by atoms with E-state index in [0.717, 1.165) is 12.8 Å². The van der Waals surface area contributed by atoms with E-state index in [1.54, 1.807) is 0 Å². The number of carbonyl (C=O) groups excluding carboxylic acids is 2. The zero-order chi connectivity index (χ0) is 15.7. The number of esters is 1. The highest BCUT2D eigenvalue weighted by atomic mass is 35.5. The molecule has 7 heteroatoms. The van der Waals surface area contributed by atoms with Crippen molar-refractivity contribution in [2.75, 3.05) is 11.9 Å². The molecule has 0 aromatic carbocycles. The Morgan fingerprint density at radius 3 is 2.77 bits per heavy atom. The first kappa shape index (κ1) is 15.3. The smallest absolute Gasteiger partial charge is 0.310 e. The quantitative estimate of drug-likeness (QED) is 0.675. The van der Waals surface area contributed by atoms with Gasteiger partial charge in [-0.1, -0.05) is 35.4 Å². The second-order valence-corrected chi connectivity index (χ2v) is 6.37. The Morgan fingerprint density at radius 2 is 2.14 bits per heavy atom. The number of hydrogen-bond acceptors (Lipinski definition) is 4. The summed E-state index contributed by atoms with van der Waals surface area (Å²) in [6.45, 7) is -0.350. The lowest BCUT2D eigenvalue weighted by Crippen LogP contribution is -2.27. The standard InChI is InChI=1S/C15H14Cl2N2O3/c16-10-5-12(17)14(18-6-10)19-13(20)7-22-15(21)11-4-8-1-2-9(11)3-8/h1-2,5-6,8-9,11H,3-4,7H2,(H,18,19,20)/t8-,9-,11-/m0/s1. The van der Waals surface area contributed by atoms with Crippen LogP contribution in [0, 0.1) is 17.8 Å². The lowest BCUT2D eigenvalue weighted by molar-refractivity contribution is -0.152. The van der Waals surface area contributed by atoms with Crippen LogP contribution in [0.3, 0.4) is 0 Å². The van der Waals surface area contributed by atoms with Crippen LogP contribution >= 0.6 is 23.2 Å². The number of halogens is 2. The maximum atomic E-state index is 12.0. The van der Waals surface area contributed by atoms with Crippen LogP contribution in [-0.2, 0) is 14.3 Å². The molecular formula is C15H14Cl2N2O3. The van der Waals surface area contributed by atoms with Gasteiger partial charge in [-0.3, -0.25) is 9.59 Å². The average Bonchev–Trinajstić information content (AvgIpc) is 3.10. The van der Waals surface area contributed by atoms with Crippen molar-refractivity contribution in [3.05, 3.63) is 34.5 Å². The highest BCUT2D eigenvalue weighted by molar-refractivity contribution is 6.36. The van der Waals surface area contributed by atoms with Crippen molar-refractivity contribution < 1.29 is 14.3 Å². The van der Waals surface area contributed by atoms with E-state index in [0.29, 0.717) is 10.9 Å². The Balaban J connectivity index is 1.50. The fourth-order valence-corrected chi connectivity index (χ4v) is 3.40. The molecule has 3 atom stereocenters. The summed E-state index contributed by atoms with van der Waals surface area (Å²) in [6, 6.07) is 1.47. The first-order valence-corrected chi connectivity index (χ1v) is 7.74. The molecule has 1 fully saturated rings. The molecule has 1 aromatic rings. The minimum Gasteiger partial charge on any atom is -0.455 e. The first-order valence-electron chi connectivity index (χ1n) is 6.99. The van der Waals surface area contributed by atoms with Gasteiger partial charge in [0.25, 0.3) is 5.91 Å². The Hall–Kier alpha value is -1.59. The fraction of sp³-hybridized carbons (Fsp3) is 0.400. The van der Waals surface area contributed by atoms with Gasteiger partial charge in [-0.25, -0.2) is 4.98 Å². The highest BCUT2D eigenvalue weighted by Crippen LogP contribution is 2.43. The van der Waals surface area contributed by atoms with E-state index in [1.807, 2.05) is 0 Å². The number of allylic oxidation sites excluding steroid dienone is 2. The fourth-order valence-electron chi connectivity index (χ4n) is 2.97. The summed E-state index contributed by atoms with van der Waals surface area (Å²) in [5.41, 5.74) is 0. The molecule has 116 valence electrons. The second-order valence-electron chi connectivity index (χ2n) is 5.53. The van der Waals surface area contributed by atoms with Crippen molar-refractivity contribution in [2.45, 2.75) is 12.8 Å². The number of fused-ring (bicyclic) bond motifs is 2. The van der Waals surface area contributed by atoms with Crippen LogP contribution in [0.4, 0.5) is 5.82 Å². The normalized spacial score (nSPS) is 25.3. The molecule has 2 aliphatic rings. The van der Waals surface area contributed by atoms with Crippen LogP contribution in [-0.4, -0.2) is 23.5 Å². The highest BCUT2D eigenvalue weighted by Gasteiger charge is 2.40. The van der Waals surface area contributed by atoms with E-state index in [1.165, 1.54) is 12.3 Å². The van der Waals surface area contributed by atoms with Crippen molar-refractivity contribution in [1.29, 1.82) is 0 Å². The molecule has 0 aliphatic heterocycles. The van der Waals surface area contributed by atoms with E-state index in [9.17, 15) is 9.59 Å². The summed E-state index contributed by atoms with van der Waals surface area (Å²) < 4.78 is 5.09. The number of ether oxygens (including phenoxy) is 1. The summed E-state index contributed by atoms with van der Waals surface area (Å²) in [5, 5.41) is 3.09. The van der Waals surface area contributed by atoms with Gasteiger partial charge in [0.1, 0.15) is 0 Å². The van der Waals surface area contributed by atoms with Crippen LogP contribution in [0.5, 0.6) is 0 Å². The Labute approximate surface area is 137 Å². The van der Waals surface area contributed by atoms with Crippen molar-refractivity contribution >= 4 is 40.9 Å². The van der Waals surface area contributed by atoms with Gasteiger partial charge in [0, 0.05) is 6.20 Å². The molecular weight excluding hydrogens is 327 g/mol. The van der Waals surface area contributed by atoms with Crippen molar-refractivity contribution in [2.24, 2.45) is 17.8 Å². The third-order valence-corrected chi connectivity index (χ3v) is 4.49. The molecule has 1 heterocycles. The van der Waals surface area contributed by atoms with Gasteiger partial charge in [-0.15, -0.1) is 0 Å². The molecule has 2 aliphatic carbocycles. The summed E-state index contributed by atoms with van der Waals surface area (Å²) in [7, 11) is 0. The van der Waals surface area contributed by atoms with Gasteiger partial charge >= 0.3 is 5.97 Å². The minimum atomic E-state index is -0.483. The largest absolute Gasteiger partial charge is 0.455 e. The molecule has 2 bridgehead atoms. The number of carbonyl (C=O) groups is 2. The molecule has 1 aromatic heterocycles. The Bertz CT molecular complexity index is 648. The monoisotopic (exact) mass is 340 g/mol. The summed E-state index contributed by atoms with van der Waals surface area (Å²) in [6.07, 6.45) is 7.41. The van der Waals surface area contributed by atoms with Crippen molar-refractivity contribution in [1.82, 2.24) is 4.98 Å². The number of hydrogen-bond donors (Lipinski definition) is 1. The zero-order valence-corrected chi connectivity index (χ0v) is 13.1. The van der Waals surface area contributed by atoms with E-state index < -0.39 is 5.91 Å². The lowest BCUT2D eigenvalue weighted by Gasteiger charge is -2.16. The molecule has 0 saturated heterocycles. The van der Waals surface area contributed by atoms with Gasteiger partial charge in [0.15, 0.2) is 12.4 Å². The number of nitrogens with zero attached hydrogens (tertiary/aromatic N) is 1. The Morgan fingerprint density at radius 1 is 1.32 bits per heavy atom. The van der Waals surface area contributed by atoms with Gasteiger partial charge in [-0.05, 0) is 30.7 Å². The maximum absolute atomic E-state index is 12.0. The molecule has 1 amide bonds. The molecule has 5 nitrogen and oxygen atoms in total. The molecule has 0 unspecified atom stereocenters. The maximum Gasteiger partial charge on any atom is 0.310 e. The molecule has 1 saturated carbocycles. The van der Waals surface area contributed by atoms with Gasteiger partial charge < -0.3 is 10.1 Å². The van der Waals surface area contributed by atoms with Crippen LogP contribution < -0.4 is 5.32 Å². The number of anilines is 1. The predicted octanol–water partition coefficient (Wildman–Crippen LogP) is 3.08. The van der Waals surface area contributed by atoms with Crippen molar-refractivity contribution in [3.8, 4) is 0 Å². The molecule has 3 rings (SSSR count). The number of pyridine rings is 1. The van der Waals surface area contributed by atoms with E-state index in [-0.39, 0.29) is 35.3 Å². The third-order valence-electron chi connectivity index (χ3n) is 3.99. The number of aromatic nitrogens is 1. The van der Waals surface area contributed by atoms with Crippen LogP contribution in [0.2, 0.25) is 10.0 Å². The van der Waals surface area contributed by atoms with E-state index in [2.05, 4.69) is 22.5 Å². The number of nitrogens with one attached hydrogen (secondary N) is 1. The summed E-state index contributed by atoms with van der Waals surface area (Å²) >= 11 is 11.6. The topological polar surface area (TPSA) is 68.3 Å². The summed E-state index contributed by atoms with van der Waals surface area (Å²) in [4.78, 5) is 27.7. The second kappa shape index (κ2) is 6.26. The number of rotatable bonds is 4. The van der Waals surface area contributed by atoms with E-state index >= 15 is 0 Å². The lowest BCUT2D eigenvalue weighted by atomic mass is 9.94. The Kier molecular flexibility index (Phi) is 4.36. The van der Waals surface area contributed by atoms with Gasteiger partial charge in [0.2, 0.25) is 0 Å². The predicted molar refractivity (Wildman–Crippen MR) is 82.7 cm³/mol. The molecule has 1 N–H and O–H groups in total. The van der Waals surface area contributed by atoms with Gasteiger partial charge in [0.05, 0.1) is 16.0 Å².